The van der Waals surface area contributed by atoms with Crippen molar-refractivity contribution >= 4 is 41.2 Å². The van der Waals surface area contributed by atoms with E-state index in [2.05, 4.69) is 25.9 Å². The van der Waals surface area contributed by atoms with Gasteiger partial charge in [-0.05, 0) is 39.8 Å². The zero-order valence-corrected chi connectivity index (χ0v) is 18.6. The average Bonchev–Trinajstić information content (AvgIpc) is 3.35. The third kappa shape index (κ3) is 5.94. The van der Waals surface area contributed by atoms with Gasteiger partial charge in [0.25, 0.3) is 5.91 Å². The van der Waals surface area contributed by atoms with Crippen molar-refractivity contribution in [2.24, 2.45) is 0 Å². The maximum absolute atomic E-state index is 12.7. The molecule has 12 heteroatoms. The first-order chi connectivity index (χ1) is 15.2. The van der Waals surface area contributed by atoms with E-state index in [4.69, 9.17) is 13.8 Å². The number of carbonyl (C=O) groups is 3. The number of ether oxygens (including phenoxy) is 1. The summed E-state index contributed by atoms with van der Waals surface area (Å²) in [5.41, 5.74) is 0.131. The molecule has 0 aromatic carbocycles. The molecule has 0 spiro atoms. The lowest BCUT2D eigenvalue weighted by atomic mass is 10.3. The van der Waals surface area contributed by atoms with E-state index in [9.17, 15) is 14.4 Å². The number of thioether (sulfide) groups is 1. The number of hydrogen-bond acceptors (Lipinski definition) is 10. The molecule has 0 aliphatic carbocycles. The van der Waals surface area contributed by atoms with Crippen molar-refractivity contribution in [2.45, 2.75) is 44.1 Å². The Labute approximate surface area is 187 Å². The number of rotatable bonds is 8. The molecule has 0 saturated heterocycles. The third-order valence-electron chi connectivity index (χ3n) is 4.06. The Morgan fingerprint density at radius 3 is 2.16 bits per heavy atom. The molecule has 0 radical (unpaired) electrons. The minimum Gasteiger partial charge on any atom is -0.449 e. The normalized spacial score (nSPS) is 12.6. The molecular formula is C20H21N5O6S. The van der Waals surface area contributed by atoms with Gasteiger partial charge in [0.2, 0.25) is 5.91 Å². The minimum atomic E-state index is -1.10. The molecule has 3 aromatic rings. The van der Waals surface area contributed by atoms with Gasteiger partial charge >= 0.3 is 5.97 Å². The van der Waals surface area contributed by atoms with Gasteiger partial charge in [0, 0.05) is 18.3 Å². The molecule has 0 bridgehead atoms. The Balaban J connectivity index is 1.62. The lowest BCUT2D eigenvalue weighted by Crippen LogP contribution is -2.30. The lowest BCUT2D eigenvalue weighted by Gasteiger charge is -2.15. The number of amides is 2. The molecule has 3 heterocycles. The summed E-state index contributed by atoms with van der Waals surface area (Å²) in [7, 11) is 0. The highest BCUT2D eigenvalue weighted by Gasteiger charge is 2.25. The summed E-state index contributed by atoms with van der Waals surface area (Å²) in [4.78, 5) is 41.5. The Morgan fingerprint density at radius 2 is 1.59 bits per heavy atom. The Bertz CT molecular complexity index is 1130. The molecule has 0 fully saturated rings. The summed E-state index contributed by atoms with van der Waals surface area (Å²) in [5.74, 6) is -0.0624. The number of esters is 1. The highest BCUT2D eigenvalue weighted by molar-refractivity contribution is 8.00. The first-order valence-electron chi connectivity index (χ1n) is 9.54. The summed E-state index contributed by atoms with van der Waals surface area (Å²) in [6, 6.07) is 6.20. The molecular weight excluding hydrogens is 438 g/mol. The highest BCUT2D eigenvalue weighted by atomic mass is 32.2. The lowest BCUT2D eigenvalue weighted by molar-refractivity contribution is -0.123. The summed E-state index contributed by atoms with van der Waals surface area (Å²) in [5, 5.41) is 12.2. The van der Waals surface area contributed by atoms with Gasteiger partial charge in [0.05, 0.1) is 10.8 Å². The van der Waals surface area contributed by atoms with E-state index in [-0.39, 0.29) is 22.3 Å². The van der Waals surface area contributed by atoms with Crippen LogP contribution in [0.15, 0.2) is 44.5 Å². The number of pyridine rings is 1. The van der Waals surface area contributed by atoms with Crippen molar-refractivity contribution in [2.75, 3.05) is 10.6 Å². The summed E-state index contributed by atoms with van der Waals surface area (Å²) in [6.45, 7) is 6.48. The van der Waals surface area contributed by atoms with Crippen LogP contribution in [-0.2, 0) is 14.3 Å². The molecule has 168 valence electrons. The van der Waals surface area contributed by atoms with Crippen LogP contribution in [0.5, 0.6) is 0 Å². The molecule has 3 aromatic heterocycles. The summed E-state index contributed by atoms with van der Waals surface area (Å²) >= 11 is 1.07. The van der Waals surface area contributed by atoms with Gasteiger partial charge < -0.3 is 24.4 Å². The molecule has 2 N–H and O–H groups in total. The number of carbonyl (C=O) groups excluding carboxylic acids is 3. The second-order valence-electron chi connectivity index (χ2n) is 6.79. The molecule has 32 heavy (non-hydrogen) atoms. The van der Waals surface area contributed by atoms with E-state index in [1.807, 2.05) is 0 Å². The van der Waals surface area contributed by atoms with Crippen LogP contribution in [0.3, 0.4) is 0 Å². The number of nitrogens with one attached hydrogen (secondary N) is 2. The smallest absolute Gasteiger partial charge is 0.341 e. The number of nitrogens with zero attached hydrogens (tertiary/aromatic N) is 3. The first-order valence-corrected chi connectivity index (χ1v) is 10.4. The van der Waals surface area contributed by atoms with E-state index in [0.717, 1.165) is 11.8 Å². The van der Waals surface area contributed by atoms with Crippen LogP contribution in [0.1, 0.15) is 35.7 Å². The van der Waals surface area contributed by atoms with E-state index in [1.54, 1.807) is 32.9 Å². The predicted molar refractivity (Wildman–Crippen MR) is 114 cm³/mol. The van der Waals surface area contributed by atoms with Gasteiger partial charge in [-0.2, -0.15) is 0 Å². The predicted octanol–water partition coefficient (Wildman–Crippen LogP) is 2.98. The third-order valence-corrected chi connectivity index (χ3v) is 5.18. The van der Waals surface area contributed by atoms with Gasteiger partial charge in [-0.25, -0.2) is 9.78 Å². The van der Waals surface area contributed by atoms with Crippen molar-refractivity contribution in [1.82, 2.24) is 15.3 Å². The van der Waals surface area contributed by atoms with Gasteiger partial charge in [0.15, 0.2) is 17.7 Å². The topological polar surface area (TPSA) is 149 Å². The number of anilines is 2. The fourth-order valence-electron chi connectivity index (χ4n) is 2.44. The molecule has 0 aliphatic rings. The maximum Gasteiger partial charge on any atom is 0.341 e. The molecule has 2 unspecified atom stereocenters. The van der Waals surface area contributed by atoms with Gasteiger partial charge in [0.1, 0.15) is 16.5 Å². The van der Waals surface area contributed by atoms with Crippen LogP contribution in [0.25, 0.3) is 0 Å². The highest BCUT2D eigenvalue weighted by Crippen LogP contribution is 2.26. The molecule has 11 nitrogen and oxygen atoms in total. The second-order valence-corrected chi connectivity index (χ2v) is 8.12. The number of aryl methyl sites for hydroxylation is 2. The van der Waals surface area contributed by atoms with E-state index in [0.29, 0.717) is 17.3 Å². The molecule has 3 rings (SSSR count). The van der Waals surface area contributed by atoms with Crippen LogP contribution < -0.4 is 10.6 Å². The zero-order chi connectivity index (χ0) is 23.3. The second kappa shape index (κ2) is 10.1. The largest absolute Gasteiger partial charge is 0.449 e. The first kappa shape index (κ1) is 23.0. The Morgan fingerprint density at radius 1 is 1.00 bits per heavy atom. The van der Waals surface area contributed by atoms with Crippen LogP contribution in [0, 0.1) is 13.8 Å². The average molecular weight is 459 g/mol. The maximum atomic E-state index is 12.7. The van der Waals surface area contributed by atoms with Gasteiger partial charge in [-0.15, -0.1) is 0 Å². The summed E-state index contributed by atoms with van der Waals surface area (Å²) in [6.07, 6.45) is 0.391. The van der Waals surface area contributed by atoms with E-state index in [1.165, 1.54) is 25.3 Å². The van der Waals surface area contributed by atoms with Crippen LogP contribution in [0.4, 0.5) is 11.6 Å². The Kier molecular flexibility index (Phi) is 7.25. The van der Waals surface area contributed by atoms with E-state index >= 15 is 0 Å². The monoisotopic (exact) mass is 459 g/mol. The molecule has 0 saturated carbocycles. The standard InChI is InChI=1S/C20H21N5O6S/c1-10-8-15(24-30-10)22-17(26)12(3)29-20(28)14-6-5-7-21-19(14)32-13(4)18(27)23-16-9-11(2)31-25-16/h5-9,12-13H,1-4H3,(H,22,24,26)(H,23,25,27). The van der Waals surface area contributed by atoms with E-state index < -0.39 is 23.2 Å². The molecule has 2 atom stereocenters. The molecule has 2 amide bonds. The van der Waals surface area contributed by atoms with Crippen molar-refractivity contribution in [1.29, 1.82) is 0 Å². The summed E-state index contributed by atoms with van der Waals surface area (Å²) < 4.78 is 15.1. The van der Waals surface area contributed by atoms with Crippen molar-refractivity contribution in [3.63, 3.8) is 0 Å². The fourth-order valence-corrected chi connectivity index (χ4v) is 3.35. The quantitative estimate of drug-likeness (QED) is 0.380. The van der Waals surface area contributed by atoms with Crippen LogP contribution >= 0.6 is 11.8 Å². The van der Waals surface area contributed by atoms with Crippen LogP contribution in [0.2, 0.25) is 0 Å². The van der Waals surface area contributed by atoms with Crippen molar-refractivity contribution in [3.8, 4) is 0 Å². The molecule has 0 aliphatic heterocycles. The van der Waals surface area contributed by atoms with Gasteiger partial charge in [-0.1, -0.05) is 22.1 Å². The zero-order valence-electron chi connectivity index (χ0n) is 17.7. The van der Waals surface area contributed by atoms with Crippen molar-refractivity contribution < 1.29 is 28.2 Å². The van der Waals surface area contributed by atoms with Gasteiger partial charge in [-0.3, -0.25) is 9.59 Å². The van der Waals surface area contributed by atoms with Crippen molar-refractivity contribution in [3.05, 3.63) is 47.5 Å². The number of aromatic nitrogens is 3. The fraction of sp³-hybridized carbons (Fsp3) is 0.300. The Hall–Kier alpha value is -3.67. The SMILES string of the molecule is Cc1cc(NC(=O)C(C)OC(=O)c2cccnc2SC(C)C(=O)Nc2cc(C)on2)no1. The van der Waals surface area contributed by atoms with Crippen LogP contribution in [-0.4, -0.2) is 44.4 Å². The number of hydrogen-bond donors (Lipinski definition) is 2. The minimum absolute atomic E-state index is 0.131.